The molecule has 0 fully saturated rings. The minimum absolute atomic E-state index is 0.588. The molecule has 0 N–H and O–H groups in total. The molecule has 5 heteroatoms. The second-order valence-electron chi connectivity index (χ2n) is 17.7. The molecule has 0 bridgehead atoms. The quantitative estimate of drug-likeness (QED) is 0.107. The van der Waals surface area contributed by atoms with E-state index in [1.807, 2.05) is 12.1 Å². The fourth-order valence-corrected chi connectivity index (χ4v) is 15.4. The van der Waals surface area contributed by atoms with Crippen LogP contribution in [-0.4, -0.2) is 22.6 Å². The Morgan fingerprint density at radius 2 is 0.812 bits per heavy atom. The molecule has 0 atom stereocenters. The molecule has 324 valence electrons. The largest absolute Gasteiger partial charge is 0.455 e. The normalized spacial score (nSPS) is 11.8. The SMILES string of the molecule is c1ccc(-c2cccc([Si](c3ccccc3)(c3ccccc3)c3cccc(-c4cc(-c5cccc6c5oc5ccccc56)nc(-n5c6ccccc6c6cc(-c7ccccc7)ccc65)n4)c3)c2)cc1. The molecule has 0 aliphatic heterocycles. The summed E-state index contributed by atoms with van der Waals surface area (Å²) < 4.78 is 8.93. The third kappa shape index (κ3) is 6.82. The summed E-state index contributed by atoms with van der Waals surface area (Å²) in [5, 5.41) is 9.58. The smallest absolute Gasteiger partial charge is 0.235 e. The molecule has 0 radical (unpaired) electrons. The number of para-hydroxylation sites is 3. The van der Waals surface area contributed by atoms with E-state index in [1.165, 1.54) is 37.4 Å². The zero-order valence-corrected chi connectivity index (χ0v) is 38.6. The van der Waals surface area contributed by atoms with Crippen molar-refractivity contribution in [3.8, 4) is 50.7 Å². The summed E-state index contributed by atoms with van der Waals surface area (Å²) in [5.41, 5.74) is 12.0. The molecule has 3 heterocycles. The Morgan fingerprint density at radius 1 is 0.319 bits per heavy atom. The molecule has 0 aliphatic rings. The van der Waals surface area contributed by atoms with E-state index >= 15 is 0 Å². The van der Waals surface area contributed by atoms with E-state index in [9.17, 15) is 0 Å². The lowest BCUT2D eigenvalue weighted by molar-refractivity contribution is 0.670. The van der Waals surface area contributed by atoms with E-state index in [0.29, 0.717) is 5.95 Å². The highest BCUT2D eigenvalue weighted by atomic mass is 28.3. The van der Waals surface area contributed by atoms with Crippen molar-refractivity contribution >= 4 is 72.6 Å². The molecule has 13 aromatic rings. The first-order valence-electron chi connectivity index (χ1n) is 23.5. The minimum Gasteiger partial charge on any atom is -0.455 e. The number of nitrogens with zero attached hydrogens (tertiary/aromatic N) is 3. The Morgan fingerprint density at radius 3 is 1.51 bits per heavy atom. The first-order valence-corrected chi connectivity index (χ1v) is 25.5. The Labute approximate surface area is 401 Å². The predicted octanol–water partition coefficient (Wildman–Crippen LogP) is 13.5. The average molecular weight is 898 g/mol. The minimum atomic E-state index is -3.00. The van der Waals surface area contributed by atoms with Gasteiger partial charge in [-0.25, -0.2) is 9.97 Å². The maximum absolute atomic E-state index is 6.70. The Balaban J connectivity index is 1.08. The van der Waals surface area contributed by atoms with Crippen molar-refractivity contribution < 1.29 is 4.42 Å². The van der Waals surface area contributed by atoms with Crippen LogP contribution in [0.4, 0.5) is 0 Å². The van der Waals surface area contributed by atoms with Crippen molar-refractivity contribution in [3.05, 3.63) is 261 Å². The van der Waals surface area contributed by atoms with Crippen LogP contribution in [0.3, 0.4) is 0 Å². The summed E-state index contributed by atoms with van der Waals surface area (Å²) in [6.45, 7) is 0. The van der Waals surface area contributed by atoms with Gasteiger partial charge in [0.15, 0.2) is 8.07 Å². The van der Waals surface area contributed by atoms with Gasteiger partial charge in [0.25, 0.3) is 0 Å². The van der Waals surface area contributed by atoms with Gasteiger partial charge < -0.3 is 4.42 Å². The molecule has 69 heavy (non-hydrogen) atoms. The standard InChI is InChI=1S/C64H43N3OSi/c1-5-20-44(21-6-1)46-24-17-30-51(40-46)69(49-26-9-3-10-27-49,50-28-11-4-12-29-50)52-31-18-25-48(41-52)58-43-59(56-35-19-34-55-54-33-14-16-37-62(54)68-63(55)56)66-64(65-58)67-60-36-15-13-32-53(60)57-42-47(38-39-61(57)67)45-22-7-2-8-23-45/h1-43H. The van der Waals surface area contributed by atoms with Crippen LogP contribution >= 0.6 is 0 Å². The number of aromatic nitrogens is 3. The highest BCUT2D eigenvalue weighted by Crippen LogP contribution is 2.39. The van der Waals surface area contributed by atoms with Crippen LogP contribution < -0.4 is 20.7 Å². The zero-order valence-electron chi connectivity index (χ0n) is 37.6. The Bertz CT molecular complexity index is 3970. The Kier molecular flexibility index (Phi) is 9.81. The van der Waals surface area contributed by atoms with E-state index in [0.717, 1.165) is 71.8 Å². The van der Waals surface area contributed by atoms with Gasteiger partial charge in [-0.2, -0.15) is 0 Å². The molecule has 4 nitrogen and oxygen atoms in total. The number of benzene rings is 10. The summed E-state index contributed by atoms with van der Waals surface area (Å²) >= 11 is 0. The van der Waals surface area contributed by atoms with Crippen LogP contribution in [0, 0.1) is 0 Å². The fraction of sp³-hybridized carbons (Fsp3) is 0. The van der Waals surface area contributed by atoms with E-state index in [-0.39, 0.29) is 0 Å². The lowest BCUT2D eigenvalue weighted by Crippen LogP contribution is -2.74. The molecule has 0 aliphatic carbocycles. The molecule has 0 saturated heterocycles. The van der Waals surface area contributed by atoms with Crippen LogP contribution in [0.5, 0.6) is 0 Å². The van der Waals surface area contributed by atoms with Crippen LogP contribution in [0.25, 0.3) is 94.5 Å². The van der Waals surface area contributed by atoms with Gasteiger partial charge in [0.1, 0.15) is 11.2 Å². The van der Waals surface area contributed by atoms with Gasteiger partial charge in [-0.3, -0.25) is 4.57 Å². The van der Waals surface area contributed by atoms with E-state index in [2.05, 4.69) is 253 Å². The maximum Gasteiger partial charge on any atom is 0.235 e. The molecule has 0 amide bonds. The van der Waals surface area contributed by atoms with Crippen molar-refractivity contribution in [3.63, 3.8) is 0 Å². The van der Waals surface area contributed by atoms with Gasteiger partial charge in [0.2, 0.25) is 5.95 Å². The number of fused-ring (bicyclic) bond motifs is 6. The fourth-order valence-electron chi connectivity index (χ4n) is 10.6. The number of hydrogen-bond donors (Lipinski definition) is 0. The van der Waals surface area contributed by atoms with Gasteiger partial charge in [-0.15, -0.1) is 0 Å². The monoisotopic (exact) mass is 897 g/mol. The summed E-state index contributed by atoms with van der Waals surface area (Å²) in [6.07, 6.45) is 0. The van der Waals surface area contributed by atoms with Crippen LogP contribution in [0.15, 0.2) is 265 Å². The highest BCUT2D eigenvalue weighted by Gasteiger charge is 2.42. The molecule has 0 spiro atoms. The Hall–Kier alpha value is -8.90. The summed E-state index contributed by atoms with van der Waals surface area (Å²) in [7, 11) is -3.00. The zero-order chi connectivity index (χ0) is 45.7. The molecule has 0 saturated carbocycles. The van der Waals surface area contributed by atoms with Gasteiger partial charge in [0, 0.05) is 32.7 Å². The molecule has 13 rings (SSSR count). The molecular formula is C64H43N3OSi. The number of furan rings is 1. The summed E-state index contributed by atoms with van der Waals surface area (Å²) in [4.78, 5) is 11.1. The third-order valence-corrected chi connectivity index (χ3v) is 18.5. The van der Waals surface area contributed by atoms with Crippen molar-refractivity contribution in [2.75, 3.05) is 0 Å². The van der Waals surface area contributed by atoms with Crippen molar-refractivity contribution in [1.29, 1.82) is 0 Å². The molecule has 10 aromatic carbocycles. The first kappa shape index (κ1) is 40.4. The molecular weight excluding hydrogens is 855 g/mol. The van der Waals surface area contributed by atoms with Crippen molar-refractivity contribution in [1.82, 2.24) is 14.5 Å². The van der Waals surface area contributed by atoms with E-state index in [4.69, 9.17) is 14.4 Å². The average Bonchev–Trinajstić information content (AvgIpc) is 3.98. The van der Waals surface area contributed by atoms with Crippen LogP contribution in [-0.2, 0) is 0 Å². The van der Waals surface area contributed by atoms with E-state index < -0.39 is 8.07 Å². The number of hydrogen-bond acceptors (Lipinski definition) is 3. The summed E-state index contributed by atoms with van der Waals surface area (Å²) in [5.74, 6) is 0.588. The second-order valence-corrected chi connectivity index (χ2v) is 21.5. The van der Waals surface area contributed by atoms with Gasteiger partial charge in [-0.05, 0) is 79.4 Å². The third-order valence-electron chi connectivity index (χ3n) is 13.8. The molecule has 3 aromatic heterocycles. The van der Waals surface area contributed by atoms with Crippen molar-refractivity contribution in [2.45, 2.75) is 0 Å². The van der Waals surface area contributed by atoms with Gasteiger partial charge in [-0.1, -0.05) is 224 Å². The van der Waals surface area contributed by atoms with Gasteiger partial charge >= 0.3 is 0 Å². The van der Waals surface area contributed by atoms with Crippen LogP contribution in [0.2, 0.25) is 0 Å². The van der Waals surface area contributed by atoms with Crippen LogP contribution in [0.1, 0.15) is 0 Å². The van der Waals surface area contributed by atoms with E-state index in [1.54, 1.807) is 0 Å². The highest BCUT2D eigenvalue weighted by molar-refractivity contribution is 7.20. The number of rotatable bonds is 9. The summed E-state index contributed by atoms with van der Waals surface area (Å²) in [6, 6.07) is 94.0. The lowest BCUT2D eigenvalue weighted by Gasteiger charge is -2.35. The maximum atomic E-state index is 6.70. The first-order chi connectivity index (χ1) is 34.2. The topological polar surface area (TPSA) is 43.9 Å². The van der Waals surface area contributed by atoms with Gasteiger partial charge in [0.05, 0.1) is 22.4 Å². The van der Waals surface area contributed by atoms with Crippen molar-refractivity contribution in [2.24, 2.45) is 0 Å². The second kappa shape index (κ2) is 16.8. The molecule has 0 unspecified atom stereocenters. The lowest BCUT2D eigenvalue weighted by atomic mass is 10.0. The predicted molar refractivity (Wildman–Crippen MR) is 289 cm³/mol.